The van der Waals surface area contributed by atoms with Crippen LogP contribution in [0, 0.1) is 0 Å². The Kier molecular flexibility index (Phi) is 2.10. The van der Waals surface area contributed by atoms with Crippen LogP contribution < -0.4 is 0 Å². The van der Waals surface area contributed by atoms with Gasteiger partial charge in [-0.25, -0.2) is 0 Å². The van der Waals surface area contributed by atoms with E-state index >= 15 is 0 Å². The van der Waals surface area contributed by atoms with Gasteiger partial charge >= 0.3 is 0 Å². The second kappa shape index (κ2) is 2.86. The molecule has 0 radical (unpaired) electrons. The lowest BCUT2D eigenvalue weighted by atomic mass is 10.3. The van der Waals surface area contributed by atoms with E-state index in [0.29, 0.717) is 0 Å². The first-order valence-electron chi connectivity index (χ1n) is 2.75. The molecule has 1 rings (SSSR count). The normalized spacial score (nSPS) is 16.7. The molecule has 0 nitrogen and oxygen atoms in total. The summed E-state index contributed by atoms with van der Waals surface area (Å²) in [6, 6.07) is 0. The highest BCUT2D eigenvalue weighted by Gasteiger charge is 1.84. The predicted molar refractivity (Wildman–Crippen MR) is 43.4 cm³/mol. The van der Waals surface area contributed by atoms with Gasteiger partial charge in [-0.15, -0.1) is 5.73 Å². The average molecular weight is 183 g/mol. The van der Waals surface area contributed by atoms with Crippen molar-refractivity contribution in [1.82, 2.24) is 0 Å². The van der Waals surface area contributed by atoms with Gasteiger partial charge in [0.25, 0.3) is 0 Å². The largest absolute Gasteiger partial charge is 0.119 e. The van der Waals surface area contributed by atoms with E-state index in [9.17, 15) is 0 Å². The smallest absolute Gasteiger partial charge is 0.0252 e. The first kappa shape index (κ1) is 6.60. The van der Waals surface area contributed by atoms with Crippen molar-refractivity contribution in [2.24, 2.45) is 0 Å². The van der Waals surface area contributed by atoms with Gasteiger partial charge in [-0.05, 0) is 30.7 Å². The predicted octanol–water partition coefficient (Wildman–Crippen LogP) is 2.94. The lowest BCUT2D eigenvalue weighted by molar-refractivity contribution is 1.54. The molecular formula is C8H7Br. The lowest BCUT2D eigenvalue weighted by Crippen LogP contribution is -1.60. The molecule has 46 valence electrons. The van der Waals surface area contributed by atoms with Crippen molar-refractivity contribution in [1.29, 1.82) is 0 Å². The Bertz CT molecular complexity index is 203. The van der Waals surface area contributed by atoms with E-state index in [-0.39, 0.29) is 0 Å². The second-order valence-corrected chi connectivity index (χ2v) is 2.83. The minimum absolute atomic E-state index is 1.07. The van der Waals surface area contributed by atoms with E-state index in [4.69, 9.17) is 0 Å². The van der Waals surface area contributed by atoms with Crippen LogP contribution in [-0.2, 0) is 0 Å². The molecule has 9 heavy (non-hydrogen) atoms. The number of allylic oxidation sites excluding steroid dienone is 5. The van der Waals surface area contributed by atoms with Gasteiger partial charge in [0, 0.05) is 4.48 Å². The molecule has 0 saturated carbocycles. The molecule has 0 spiro atoms. The van der Waals surface area contributed by atoms with E-state index in [0.717, 1.165) is 4.48 Å². The SMILES string of the molecule is CC1=CC=C(Br)C=C=C1. The number of halogens is 1. The molecule has 0 N–H and O–H groups in total. The van der Waals surface area contributed by atoms with Gasteiger partial charge in [-0.1, -0.05) is 22.0 Å². The third-order valence-corrected chi connectivity index (χ3v) is 1.53. The maximum absolute atomic E-state index is 3.34. The van der Waals surface area contributed by atoms with E-state index in [1.165, 1.54) is 5.57 Å². The van der Waals surface area contributed by atoms with Crippen LogP contribution in [0.25, 0.3) is 0 Å². The molecular weight excluding hydrogens is 176 g/mol. The number of hydrogen-bond donors (Lipinski definition) is 0. The van der Waals surface area contributed by atoms with Crippen LogP contribution in [0.5, 0.6) is 0 Å². The summed E-state index contributed by atoms with van der Waals surface area (Å²) in [4.78, 5) is 0. The van der Waals surface area contributed by atoms with E-state index < -0.39 is 0 Å². The van der Waals surface area contributed by atoms with Crippen LogP contribution in [0.2, 0.25) is 0 Å². The summed E-state index contributed by atoms with van der Waals surface area (Å²) in [5.74, 6) is 0. The molecule has 1 aliphatic rings. The molecule has 0 bridgehead atoms. The fraction of sp³-hybridized carbons (Fsp3) is 0.125. The first-order chi connectivity index (χ1) is 4.29. The molecule has 0 atom stereocenters. The Labute approximate surface area is 63.4 Å². The minimum Gasteiger partial charge on any atom is -0.119 e. The zero-order chi connectivity index (χ0) is 6.69. The van der Waals surface area contributed by atoms with Crippen molar-refractivity contribution < 1.29 is 0 Å². The van der Waals surface area contributed by atoms with Gasteiger partial charge in [0.1, 0.15) is 0 Å². The van der Waals surface area contributed by atoms with Crippen molar-refractivity contribution in [2.45, 2.75) is 6.92 Å². The molecule has 0 fully saturated rings. The van der Waals surface area contributed by atoms with Crippen molar-refractivity contribution in [3.8, 4) is 0 Å². The van der Waals surface area contributed by atoms with Gasteiger partial charge in [-0.2, -0.15) is 0 Å². The third kappa shape index (κ3) is 2.05. The molecule has 1 aliphatic carbocycles. The maximum atomic E-state index is 3.34. The molecule has 0 aromatic rings. The molecule has 0 amide bonds. The van der Waals surface area contributed by atoms with Gasteiger partial charge < -0.3 is 0 Å². The summed E-state index contributed by atoms with van der Waals surface area (Å²) in [6.45, 7) is 2.04. The van der Waals surface area contributed by atoms with Crippen LogP contribution in [-0.4, -0.2) is 0 Å². The third-order valence-electron chi connectivity index (χ3n) is 1.04. The number of rotatable bonds is 0. The zero-order valence-electron chi connectivity index (χ0n) is 5.19. The Morgan fingerprint density at radius 3 is 2.89 bits per heavy atom. The molecule has 0 heterocycles. The monoisotopic (exact) mass is 182 g/mol. The van der Waals surface area contributed by atoms with E-state index in [2.05, 4.69) is 21.7 Å². The molecule has 0 aromatic heterocycles. The van der Waals surface area contributed by atoms with Crippen molar-refractivity contribution in [3.05, 3.63) is 40.1 Å². The maximum Gasteiger partial charge on any atom is 0.0252 e. The van der Waals surface area contributed by atoms with Crippen LogP contribution in [0.1, 0.15) is 6.92 Å². The molecule has 0 aliphatic heterocycles. The quantitative estimate of drug-likeness (QED) is 0.506. The first-order valence-corrected chi connectivity index (χ1v) is 3.55. The van der Waals surface area contributed by atoms with Crippen molar-refractivity contribution in [2.75, 3.05) is 0 Å². The zero-order valence-corrected chi connectivity index (χ0v) is 6.77. The standard InChI is InChI=1S/C8H7Br/c1-7-3-2-4-8(9)6-5-7/h3-6H,1H3. The highest BCUT2D eigenvalue weighted by atomic mass is 79.9. The Hall–Kier alpha value is -0.520. The molecule has 0 saturated heterocycles. The fourth-order valence-electron chi connectivity index (χ4n) is 0.560. The summed E-state index contributed by atoms with van der Waals surface area (Å²) in [6.07, 6.45) is 7.89. The van der Waals surface area contributed by atoms with Gasteiger partial charge in [0.15, 0.2) is 0 Å². The summed E-state index contributed by atoms with van der Waals surface area (Å²) in [7, 11) is 0. The molecule has 1 heteroatoms. The van der Waals surface area contributed by atoms with Crippen LogP contribution in [0.15, 0.2) is 40.1 Å². The minimum atomic E-state index is 1.07. The summed E-state index contributed by atoms with van der Waals surface area (Å²) in [5, 5.41) is 0. The summed E-state index contributed by atoms with van der Waals surface area (Å²) in [5.41, 5.74) is 4.24. The summed E-state index contributed by atoms with van der Waals surface area (Å²) >= 11 is 3.34. The van der Waals surface area contributed by atoms with E-state index in [1.54, 1.807) is 0 Å². The number of hydrogen-bond acceptors (Lipinski definition) is 0. The van der Waals surface area contributed by atoms with Crippen LogP contribution in [0.4, 0.5) is 0 Å². The second-order valence-electron chi connectivity index (χ2n) is 1.92. The Balaban J connectivity index is 3.00. The van der Waals surface area contributed by atoms with Crippen LogP contribution in [0.3, 0.4) is 0 Å². The van der Waals surface area contributed by atoms with Crippen LogP contribution >= 0.6 is 15.9 Å². The summed E-state index contributed by atoms with van der Waals surface area (Å²) < 4.78 is 1.07. The van der Waals surface area contributed by atoms with E-state index in [1.807, 2.05) is 31.2 Å². The van der Waals surface area contributed by atoms with Crippen molar-refractivity contribution >= 4 is 15.9 Å². The Morgan fingerprint density at radius 1 is 1.33 bits per heavy atom. The van der Waals surface area contributed by atoms with Crippen molar-refractivity contribution in [3.63, 3.8) is 0 Å². The highest BCUT2D eigenvalue weighted by molar-refractivity contribution is 9.11. The lowest BCUT2D eigenvalue weighted by Gasteiger charge is -1.80. The molecule has 0 unspecified atom stereocenters. The van der Waals surface area contributed by atoms with Gasteiger partial charge in [-0.3, -0.25) is 0 Å². The topological polar surface area (TPSA) is 0 Å². The molecule has 0 aromatic carbocycles. The Morgan fingerprint density at radius 2 is 2.11 bits per heavy atom. The highest BCUT2D eigenvalue weighted by Crippen LogP contribution is 2.09. The average Bonchev–Trinajstić information content (AvgIpc) is 1.97. The fourth-order valence-corrected chi connectivity index (χ4v) is 0.824. The van der Waals surface area contributed by atoms with Gasteiger partial charge in [0.2, 0.25) is 0 Å². The van der Waals surface area contributed by atoms with Gasteiger partial charge in [0.05, 0.1) is 0 Å².